The monoisotopic (exact) mass is 184 g/mol. The van der Waals surface area contributed by atoms with E-state index < -0.39 is 6.10 Å². The molecule has 0 aliphatic heterocycles. The van der Waals surface area contributed by atoms with E-state index in [1.165, 1.54) is 12.1 Å². The second-order valence-corrected chi connectivity index (χ2v) is 2.91. The predicted molar refractivity (Wildman–Crippen MR) is 47.4 cm³/mol. The average Bonchev–Trinajstić information content (AvgIpc) is 2.10. The number of rotatable bonds is 3. The van der Waals surface area contributed by atoms with Crippen LogP contribution in [0.3, 0.4) is 0 Å². The molecule has 0 fully saturated rings. The van der Waals surface area contributed by atoms with Crippen LogP contribution in [0.1, 0.15) is 11.7 Å². The van der Waals surface area contributed by atoms with Gasteiger partial charge in [-0.05, 0) is 17.7 Å². The van der Waals surface area contributed by atoms with Gasteiger partial charge in [0, 0.05) is 0 Å². The van der Waals surface area contributed by atoms with E-state index in [1.54, 1.807) is 6.07 Å². The molecule has 0 saturated carbocycles. The molecule has 13 heavy (non-hydrogen) atoms. The third kappa shape index (κ3) is 2.34. The number of nitrogens with two attached hydrogens (primary N) is 1. The lowest BCUT2D eigenvalue weighted by atomic mass is 10.1. The largest absolute Gasteiger partial charge is 0.504 e. The van der Waals surface area contributed by atoms with Crippen molar-refractivity contribution in [2.24, 2.45) is 0 Å². The lowest BCUT2D eigenvalue weighted by Gasteiger charge is -2.08. The van der Waals surface area contributed by atoms with Gasteiger partial charge in [0.15, 0.2) is 11.5 Å². The van der Waals surface area contributed by atoms with Gasteiger partial charge in [-0.3, -0.25) is 0 Å². The van der Waals surface area contributed by atoms with E-state index in [-0.39, 0.29) is 11.5 Å². The van der Waals surface area contributed by atoms with Gasteiger partial charge in [-0.2, -0.15) is 0 Å². The van der Waals surface area contributed by atoms with E-state index in [0.29, 0.717) is 12.1 Å². The molecule has 0 unspecified atom stereocenters. The van der Waals surface area contributed by atoms with Crippen molar-refractivity contribution < 1.29 is 20.6 Å². The van der Waals surface area contributed by atoms with Crippen molar-refractivity contribution in [1.82, 2.24) is 0 Å². The molecule has 0 radical (unpaired) electrons. The second kappa shape index (κ2) is 4.11. The number of hydrogen-bond donors (Lipinski definition) is 4. The number of phenols is 2. The van der Waals surface area contributed by atoms with Crippen molar-refractivity contribution in [2.45, 2.75) is 6.10 Å². The maximum absolute atomic E-state index is 9.51. The molecule has 1 rings (SSSR count). The minimum atomic E-state index is -0.614. The molecule has 72 valence electrons. The Balaban J connectivity index is 2.84. The highest BCUT2D eigenvalue weighted by molar-refractivity contribution is 5.41. The van der Waals surface area contributed by atoms with Crippen LogP contribution in [0.15, 0.2) is 18.2 Å². The summed E-state index contributed by atoms with van der Waals surface area (Å²) in [6.07, 6.45) is -0.614. The Bertz CT molecular complexity index is 288. The first-order chi connectivity index (χ1) is 6.15. The van der Waals surface area contributed by atoms with Crippen LogP contribution in [0.5, 0.6) is 11.5 Å². The summed E-state index contributed by atoms with van der Waals surface area (Å²) in [6.45, 7) is 0.532. The molecule has 4 heteroatoms. The number of aliphatic hydroxyl groups excluding tert-OH is 1. The third-order valence-corrected chi connectivity index (χ3v) is 1.84. The summed E-state index contributed by atoms with van der Waals surface area (Å²) in [5.74, 6) is -0.371. The number of likely N-dealkylation sites (N-methyl/N-ethyl adjacent to an activating group) is 1. The van der Waals surface area contributed by atoms with E-state index in [9.17, 15) is 5.11 Å². The molecular weight excluding hydrogens is 170 g/mol. The molecule has 0 spiro atoms. The van der Waals surface area contributed by atoms with Crippen LogP contribution in [0.4, 0.5) is 0 Å². The molecule has 0 aliphatic carbocycles. The van der Waals surface area contributed by atoms with Crippen LogP contribution >= 0.6 is 0 Å². The van der Waals surface area contributed by atoms with E-state index in [1.807, 2.05) is 12.4 Å². The Labute approximate surface area is 76.5 Å². The number of aromatic hydroxyl groups is 2. The Kier molecular flexibility index (Phi) is 3.11. The maximum Gasteiger partial charge on any atom is 0.157 e. The summed E-state index contributed by atoms with van der Waals surface area (Å²) in [5.41, 5.74) is 0.605. The number of quaternary nitrogens is 1. The van der Waals surface area contributed by atoms with Crippen molar-refractivity contribution in [1.29, 1.82) is 0 Å². The van der Waals surface area contributed by atoms with Crippen molar-refractivity contribution in [3.05, 3.63) is 23.8 Å². The zero-order valence-corrected chi connectivity index (χ0v) is 7.44. The standard InChI is InChI=1S/C9H13NO3/c1-10-5-9(13)6-2-3-7(11)8(12)4-6/h2-4,9-13H,5H2,1H3/p+1/t9-/m1/s1. The predicted octanol–water partition coefficient (Wildman–Crippen LogP) is -0.676. The number of aliphatic hydroxyl groups is 1. The van der Waals surface area contributed by atoms with Gasteiger partial charge >= 0.3 is 0 Å². The first kappa shape index (κ1) is 9.83. The zero-order chi connectivity index (χ0) is 9.84. The lowest BCUT2D eigenvalue weighted by Crippen LogP contribution is -2.80. The summed E-state index contributed by atoms with van der Waals surface area (Å²) in [5, 5.41) is 29.5. The molecule has 0 heterocycles. The van der Waals surface area contributed by atoms with Crippen LogP contribution < -0.4 is 5.32 Å². The highest BCUT2D eigenvalue weighted by Crippen LogP contribution is 2.27. The summed E-state index contributed by atoms with van der Waals surface area (Å²) in [7, 11) is 1.85. The van der Waals surface area contributed by atoms with Crippen molar-refractivity contribution in [2.75, 3.05) is 13.6 Å². The van der Waals surface area contributed by atoms with Crippen LogP contribution in [-0.4, -0.2) is 28.9 Å². The van der Waals surface area contributed by atoms with E-state index in [4.69, 9.17) is 10.2 Å². The zero-order valence-electron chi connectivity index (χ0n) is 7.44. The normalized spacial score (nSPS) is 12.8. The van der Waals surface area contributed by atoms with Gasteiger partial charge in [-0.25, -0.2) is 0 Å². The summed E-state index contributed by atoms with van der Waals surface area (Å²) in [4.78, 5) is 0. The van der Waals surface area contributed by atoms with Crippen molar-refractivity contribution in [3.8, 4) is 11.5 Å². The summed E-state index contributed by atoms with van der Waals surface area (Å²) < 4.78 is 0. The summed E-state index contributed by atoms with van der Waals surface area (Å²) in [6, 6.07) is 4.32. The molecule has 0 amide bonds. The Hall–Kier alpha value is -1.26. The molecule has 0 aromatic heterocycles. The van der Waals surface area contributed by atoms with Gasteiger partial charge in [-0.15, -0.1) is 0 Å². The number of hydrogen-bond acceptors (Lipinski definition) is 3. The molecular formula is C9H14NO3+. The number of phenolic OH excluding ortho intramolecular Hbond substituents is 2. The van der Waals surface area contributed by atoms with Gasteiger partial charge < -0.3 is 20.6 Å². The Morgan fingerprint density at radius 3 is 2.54 bits per heavy atom. The molecule has 1 aromatic carbocycles. The van der Waals surface area contributed by atoms with Gasteiger partial charge in [0.25, 0.3) is 0 Å². The highest BCUT2D eigenvalue weighted by atomic mass is 16.3. The molecule has 5 N–H and O–H groups in total. The fourth-order valence-corrected chi connectivity index (χ4v) is 1.11. The molecule has 0 bridgehead atoms. The van der Waals surface area contributed by atoms with Crippen molar-refractivity contribution >= 4 is 0 Å². The molecule has 4 nitrogen and oxygen atoms in total. The average molecular weight is 184 g/mol. The van der Waals surface area contributed by atoms with Crippen molar-refractivity contribution in [3.63, 3.8) is 0 Å². The first-order valence-electron chi connectivity index (χ1n) is 4.13. The Morgan fingerprint density at radius 1 is 1.31 bits per heavy atom. The van der Waals surface area contributed by atoms with Gasteiger partial charge in [0.1, 0.15) is 12.6 Å². The SMILES string of the molecule is C[NH2+]C[C@@H](O)c1ccc(O)c(O)c1. The Morgan fingerprint density at radius 2 is 2.00 bits per heavy atom. The quantitative estimate of drug-likeness (QED) is 0.470. The van der Waals surface area contributed by atoms with E-state index in [0.717, 1.165) is 0 Å². The first-order valence-corrected chi connectivity index (χ1v) is 4.13. The third-order valence-electron chi connectivity index (χ3n) is 1.84. The van der Waals surface area contributed by atoms with E-state index in [2.05, 4.69) is 0 Å². The maximum atomic E-state index is 9.51. The minimum Gasteiger partial charge on any atom is -0.504 e. The lowest BCUT2D eigenvalue weighted by molar-refractivity contribution is -0.634. The van der Waals surface area contributed by atoms with E-state index >= 15 is 0 Å². The van der Waals surface area contributed by atoms with Gasteiger partial charge in [-0.1, -0.05) is 6.07 Å². The van der Waals surface area contributed by atoms with Crippen LogP contribution in [0.2, 0.25) is 0 Å². The van der Waals surface area contributed by atoms with Gasteiger partial charge in [0.05, 0.1) is 7.05 Å². The van der Waals surface area contributed by atoms with Gasteiger partial charge in [0.2, 0.25) is 0 Å². The molecule has 1 aromatic rings. The minimum absolute atomic E-state index is 0.170. The fourth-order valence-electron chi connectivity index (χ4n) is 1.11. The summed E-state index contributed by atoms with van der Waals surface area (Å²) >= 11 is 0. The number of benzene rings is 1. The smallest absolute Gasteiger partial charge is 0.157 e. The molecule has 0 aliphatic rings. The second-order valence-electron chi connectivity index (χ2n) is 2.91. The molecule has 0 saturated heterocycles. The van der Waals surface area contributed by atoms with Crippen LogP contribution in [0, 0.1) is 0 Å². The topological polar surface area (TPSA) is 77.3 Å². The van der Waals surface area contributed by atoms with Crippen LogP contribution in [-0.2, 0) is 0 Å². The highest BCUT2D eigenvalue weighted by Gasteiger charge is 2.10. The molecule has 1 atom stereocenters. The fraction of sp³-hybridized carbons (Fsp3) is 0.333. The van der Waals surface area contributed by atoms with Crippen LogP contribution in [0.25, 0.3) is 0 Å².